The lowest BCUT2D eigenvalue weighted by molar-refractivity contribution is -0.299. The molecule has 0 heterocycles. The molecule has 0 aromatic heterocycles. The van der Waals surface area contributed by atoms with Crippen molar-refractivity contribution in [1.82, 2.24) is 0 Å². The van der Waals surface area contributed by atoms with Crippen molar-refractivity contribution in [3.05, 3.63) is 48.6 Å². The van der Waals surface area contributed by atoms with Crippen molar-refractivity contribution in [2.45, 2.75) is 97.6 Å². The van der Waals surface area contributed by atoms with Gasteiger partial charge in [-0.15, -0.1) is 6.58 Å². The van der Waals surface area contributed by atoms with Gasteiger partial charge in [-0.25, -0.2) is 0 Å². The summed E-state index contributed by atoms with van der Waals surface area (Å²) in [7, 11) is 0. The number of ether oxygens (including phenoxy) is 2. The Labute approximate surface area is 162 Å². The van der Waals surface area contributed by atoms with Crippen LogP contribution in [0.2, 0.25) is 0 Å². The fourth-order valence-corrected chi connectivity index (χ4v) is 3.53. The molecule has 1 aromatic carbocycles. The van der Waals surface area contributed by atoms with Gasteiger partial charge in [0.25, 0.3) is 0 Å². The molecule has 0 aliphatic carbocycles. The van der Waals surface area contributed by atoms with Gasteiger partial charge in [0.2, 0.25) is 5.79 Å². The molecule has 1 aromatic rings. The minimum Gasteiger partial charge on any atom is -0.343 e. The smallest absolute Gasteiger partial charge is 0.201 e. The Morgan fingerprint density at radius 2 is 1.42 bits per heavy atom. The molecule has 0 radical (unpaired) electrons. The zero-order chi connectivity index (χ0) is 19.4. The molecule has 0 aliphatic rings. The molecule has 148 valence electrons. The largest absolute Gasteiger partial charge is 0.343 e. The highest BCUT2D eigenvalue weighted by atomic mass is 16.7. The van der Waals surface area contributed by atoms with Gasteiger partial charge in [-0.3, -0.25) is 0 Å². The van der Waals surface area contributed by atoms with Gasteiger partial charge in [0, 0.05) is 11.5 Å². The van der Waals surface area contributed by atoms with E-state index in [-0.39, 0.29) is 18.1 Å². The van der Waals surface area contributed by atoms with Gasteiger partial charge >= 0.3 is 0 Å². The maximum atomic E-state index is 6.49. The van der Waals surface area contributed by atoms with Gasteiger partial charge in [-0.2, -0.15) is 0 Å². The quantitative estimate of drug-likeness (QED) is 0.198. The van der Waals surface area contributed by atoms with E-state index in [0.29, 0.717) is 0 Å². The topological polar surface area (TPSA) is 18.5 Å². The summed E-state index contributed by atoms with van der Waals surface area (Å²) in [6.07, 6.45) is 10.9. The molecule has 0 aliphatic heterocycles. The Hall–Kier alpha value is -1.12. The number of unbranched alkanes of at least 4 members (excludes halogenated alkanes) is 5. The third-order valence-corrected chi connectivity index (χ3v) is 4.64. The molecule has 1 rings (SSSR count). The summed E-state index contributed by atoms with van der Waals surface area (Å²) in [5, 5.41) is 0. The second-order valence-corrected chi connectivity index (χ2v) is 7.77. The molecule has 0 bridgehead atoms. The predicted octanol–water partition coefficient (Wildman–Crippen LogP) is 7.24. The van der Waals surface area contributed by atoms with E-state index in [9.17, 15) is 0 Å². The highest BCUT2D eigenvalue weighted by Gasteiger charge is 2.42. The predicted molar refractivity (Wildman–Crippen MR) is 112 cm³/mol. The monoisotopic (exact) mass is 360 g/mol. The van der Waals surface area contributed by atoms with Crippen LogP contribution in [0, 0.1) is 5.92 Å². The van der Waals surface area contributed by atoms with Crippen LogP contribution >= 0.6 is 0 Å². The highest BCUT2D eigenvalue weighted by Crippen LogP contribution is 2.41. The fourth-order valence-electron chi connectivity index (χ4n) is 3.53. The summed E-state index contributed by atoms with van der Waals surface area (Å²) in [5.74, 6) is -0.643. The maximum Gasteiger partial charge on any atom is 0.201 e. The third-order valence-electron chi connectivity index (χ3n) is 4.64. The van der Waals surface area contributed by atoms with Crippen LogP contribution in [0.3, 0.4) is 0 Å². The SMILES string of the molecule is C=CC(CCCCCCCC)C(OC(C)C)(OC(C)C)c1ccccc1. The lowest BCUT2D eigenvalue weighted by atomic mass is 9.86. The zero-order valence-corrected chi connectivity index (χ0v) is 17.7. The molecule has 0 saturated heterocycles. The minimum absolute atomic E-state index is 0.0703. The van der Waals surface area contributed by atoms with Gasteiger partial charge in [-0.1, -0.05) is 81.9 Å². The van der Waals surface area contributed by atoms with Crippen LogP contribution in [0.1, 0.15) is 85.1 Å². The summed E-state index contributed by atoms with van der Waals surface area (Å²) in [5.41, 5.74) is 1.08. The van der Waals surface area contributed by atoms with E-state index in [1.165, 1.54) is 38.5 Å². The van der Waals surface area contributed by atoms with Crippen molar-refractivity contribution in [2.75, 3.05) is 0 Å². The second-order valence-electron chi connectivity index (χ2n) is 7.77. The Kier molecular flexibility index (Phi) is 10.8. The molecule has 0 spiro atoms. The molecule has 1 atom stereocenters. The van der Waals surface area contributed by atoms with Gasteiger partial charge in [0.15, 0.2) is 0 Å². The van der Waals surface area contributed by atoms with Crippen molar-refractivity contribution in [3.63, 3.8) is 0 Å². The maximum absolute atomic E-state index is 6.49. The number of hydrogen-bond donors (Lipinski definition) is 0. The zero-order valence-electron chi connectivity index (χ0n) is 17.7. The average molecular weight is 361 g/mol. The average Bonchev–Trinajstić information content (AvgIpc) is 2.60. The Bertz CT molecular complexity index is 468. The van der Waals surface area contributed by atoms with Crippen LogP contribution in [-0.2, 0) is 15.3 Å². The van der Waals surface area contributed by atoms with E-state index in [2.05, 4.69) is 65.5 Å². The van der Waals surface area contributed by atoms with Gasteiger partial charge in [0.1, 0.15) is 0 Å². The molecule has 0 N–H and O–H groups in total. The van der Waals surface area contributed by atoms with Crippen molar-refractivity contribution in [2.24, 2.45) is 5.92 Å². The number of hydrogen-bond acceptors (Lipinski definition) is 2. The number of benzene rings is 1. The van der Waals surface area contributed by atoms with E-state index in [0.717, 1.165) is 12.0 Å². The number of rotatable bonds is 14. The van der Waals surface area contributed by atoms with E-state index >= 15 is 0 Å². The highest BCUT2D eigenvalue weighted by molar-refractivity contribution is 5.23. The first-order valence-corrected chi connectivity index (χ1v) is 10.5. The molecule has 0 fully saturated rings. The first-order valence-electron chi connectivity index (χ1n) is 10.5. The van der Waals surface area contributed by atoms with Crippen molar-refractivity contribution in [1.29, 1.82) is 0 Å². The van der Waals surface area contributed by atoms with Gasteiger partial charge < -0.3 is 9.47 Å². The summed E-state index contributed by atoms with van der Waals surface area (Å²) in [6.45, 7) is 14.7. The van der Waals surface area contributed by atoms with Crippen LogP contribution in [0.4, 0.5) is 0 Å². The normalized spacial score (nSPS) is 13.3. The summed E-state index contributed by atoms with van der Waals surface area (Å²) < 4.78 is 13.0. The van der Waals surface area contributed by atoms with Crippen LogP contribution in [0.5, 0.6) is 0 Å². The first-order chi connectivity index (χ1) is 12.5. The van der Waals surface area contributed by atoms with Crippen LogP contribution in [0.15, 0.2) is 43.0 Å². The third kappa shape index (κ3) is 7.25. The Balaban J connectivity index is 3.00. The van der Waals surface area contributed by atoms with E-state index in [4.69, 9.17) is 9.47 Å². The van der Waals surface area contributed by atoms with E-state index in [1.54, 1.807) is 0 Å². The van der Waals surface area contributed by atoms with Crippen molar-refractivity contribution in [3.8, 4) is 0 Å². The molecule has 1 unspecified atom stereocenters. The molecule has 26 heavy (non-hydrogen) atoms. The second kappa shape index (κ2) is 12.3. The van der Waals surface area contributed by atoms with Gasteiger partial charge in [0.05, 0.1) is 12.2 Å². The lowest BCUT2D eigenvalue weighted by Gasteiger charge is -2.42. The lowest BCUT2D eigenvalue weighted by Crippen LogP contribution is -2.44. The van der Waals surface area contributed by atoms with Crippen LogP contribution in [0.25, 0.3) is 0 Å². The fraction of sp³-hybridized carbons (Fsp3) is 0.667. The molecular weight excluding hydrogens is 320 g/mol. The van der Waals surface area contributed by atoms with Gasteiger partial charge in [-0.05, 0) is 34.1 Å². The minimum atomic E-state index is -0.769. The summed E-state index contributed by atoms with van der Waals surface area (Å²) in [4.78, 5) is 0. The Morgan fingerprint density at radius 3 is 1.92 bits per heavy atom. The van der Waals surface area contributed by atoms with Crippen LogP contribution < -0.4 is 0 Å². The molecule has 2 heteroatoms. The van der Waals surface area contributed by atoms with E-state index in [1.807, 2.05) is 12.1 Å². The molecule has 2 nitrogen and oxygen atoms in total. The van der Waals surface area contributed by atoms with Crippen LogP contribution in [-0.4, -0.2) is 12.2 Å². The molecular formula is C24H40O2. The first kappa shape index (κ1) is 22.9. The van der Waals surface area contributed by atoms with E-state index < -0.39 is 5.79 Å². The van der Waals surface area contributed by atoms with Crippen molar-refractivity contribution < 1.29 is 9.47 Å². The standard InChI is InChI=1S/C24H40O2/c1-7-9-10-11-12-14-17-22(8-2)24(25-20(3)4,26-21(5)6)23-18-15-13-16-19-23/h8,13,15-16,18-22H,2,7,9-12,14,17H2,1,3-6H3. The Morgan fingerprint density at radius 1 is 0.885 bits per heavy atom. The molecule has 0 amide bonds. The summed E-state index contributed by atoms with van der Waals surface area (Å²) in [6, 6.07) is 10.4. The molecule has 0 saturated carbocycles. The summed E-state index contributed by atoms with van der Waals surface area (Å²) >= 11 is 0. The van der Waals surface area contributed by atoms with Crippen molar-refractivity contribution >= 4 is 0 Å².